The molecule has 3 rings (SSSR count). The number of carbonyl (C=O) groups is 2. The smallest absolute Gasteiger partial charge is 0.261 e. The fraction of sp³-hybridized carbons (Fsp3) is 0.200. The van der Waals surface area contributed by atoms with Crippen molar-refractivity contribution in [3.05, 3.63) is 64.9 Å². The van der Waals surface area contributed by atoms with Crippen molar-refractivity contribution >= 4 is 39.6 Å². The lowest BCUT2D eigenvalue weighted by Gasteiger charge is -2.23. The maximum atomic E-state index is 12.7. The van der Waals surface area contributed by atoms with Crippen molar-refractivity contribution in [3.63, 3.8) is 0 Å². The Morgan fingerprint density at radius 1 is 1.04 bits per heavy atom. The van der Waals surface area contributed by atoms with Crippen LogP contribution in [-0.2, 0) is 4.79 Å². The van der Waals surface area contributed by atoms with E-state index in [4.69, 9.17) is 0 Å². The van der Waals surface area contributed by atoms with Crippen molar-refractivity contribution in [2.45, 2.75) is 13.3 Å². The monoisotopic (exact) mass is 352 g/mol. The highest BCUT2D eigenvalue weighted by molar-refractivity contribution is 7.12. The van der Waals surface area contributed by atoms with Crippen molar-refractivity contribution in [2.75, 3.05) is 18.0 Å². The van der Waals surface area contributed by atoms with Gasteiger partial charge < -0.3 is 10.2 Å². The number of amides is 2. The van der Waals surface area contributed by atoms with Gasteiger partial charge in [0.25, 0.3) is 5.91 Å². The molecule has 128 valence electrons. The van der Waals surface area contributed by atoms with Gasteiger partial charge in [-0.15, -0.1) is 11.3 Å². The summed E-state index contributed by atoms with van der Waals surface area (Å²) in [4.78, 5) is 27.0. The molecule has 0 aliphatic heterocycles. The van der Waals surface area contributed by atoms with E-state index in [1.54, 1.807) is 11.0 Å². The molecule has 0 spiro atoms. The molecule has 1 aromatic heterocycles. The Morgan fingerprint density at radius 2 is 1.84 bits per heavy atom. The van der Waals surface area contributed by atoms with Crippen LogP contribution in [0, 0.1) is 0 Å². The summed E-state index contributed by atoms with van der Waals surface area (Å²) in [5.41, 5.74) is 0.912. The molecular formula is C20H20N2O2S. The van der Waals surface area contributed by atoms with E-state index < -0.39 is 0 Å². The molecule has 0 atom stereocenters. The van der Waals surface area contributed by atoms with E-state index in [1.807, 2.05) is 60.8 Å². The molecule has 2 aromatic carbocycles. The van der Waals surface area contributed by atoms with Crippen molar-refractivity contribution in [3.8, 4) is 0 Å². The standard InChI is InChI=1S/C20H20N2O2S/c1-2-22(17-10-5-8-15-7-3-4-9-16(15)17)19(23)12-13-21-20(24)18-11-6-14-25-18/h3-11,14H,2,12-13H2,1H3,(H,21,24). The number of hydrogen-bond acceptors (Lipinski definition) is 3. The first-order valence-corrected chi connectivity index (χ1v) is 9.18. The molecule has 0 radical (unpaired) electrons. The minimum atomic E-state index is -0.129. The molecule has 0 fully saturated rings. The van der Waals surface area contributed by atoms with Crippen LogP contribution in [0.15, 0.2) is 60.0 Å². The molecule has 2 amide bonds. The van der Waals surface area contributed by atoms with Crippen LogP contribution in [0.4, 0.5) is 5.69 Å². The first-order chi connectivity index (χ1) is 12.2. The second-order valence-electron chi connectivity index (χ2n) is 5.62. The van der Waals surface area contributed by atoms with Crippen LogP contribution in [0.25, 0.3) is 10.8 Å². The lowest BCUT2D eigenvalue weighted by Crippen LogP contribution is -2.34. The van der Waals surface area contributed by atoms with Crippen molar-refractivity contribution in [2.24, 2.45) is 0 Å². The van der Waals surface area contributed by atoms with Gasteiger partial charge in [-0.1, -0.05) is 42.5 Å². The molecule has 1 heterocycles. The van der Waals surface area contributed by atoms with Crippen molar-refractivity contribution in [1.29, 1.82) is 0 Å². The summed E-state index contributed by atoms with van der Waals surface area (Å²) >= 11 is 1.39. The first-order valence-electron chi connectivity index (χ1n) is 8.30. The summed E-state index contributed by atoms with van der Waals surface area (Å²) in [7, 11) is 0. The number of thiophene rings is 1. The van der Waals surface area contributed by atoms with E-state index in [1.165, 1.54) is 11.3 Å². The van der Waals surface area contributed by atoms with E-state index in [-0.39, 0.29) is 18.2 Å². The Bertz CT molecular complexity index is 869. The van der Waals surface area contributed by atoms with Gasteiger partial charge in [-0.25, -0.2) is 0 Å². The van der Waals surface area contributed by atoms with Crippen LogP contribution < -0.4 is 10.2 Å². The van der Waals surface area contributed by atoms with Gasteiger partial charge in [0, 0.05) is 24.9 Å². The normalized spacial score (nSPS) is 10.6. The van der Waals surface area contributed by atoms with Crippen LogP contribution in [0.3, 0.4) is 0 Å². The van der Waals surface area contributed by atoms with Gasteiger partial charge in [0.1, 0.15) is 0 Å². The molecule has 0 saturated carbocycles. The Labute approximate surface area is 151 Å². The average Bonchev–Trinajstić information content (AvgIpc) is 3.17. The Morgan fingerprint density at radius 3 is 2.60 bits per heavy atom. The van der Waals surface area contributed by atoms with Crippen LogP contribution in [-0.4, -0.2) is 24.9 Å². The molecule has 1 N–H and O–H groups in total. The highest BCUT2D eigenvalue weighted by Gasteiger charge is 2.16. The molecule has 5 heteroatoms. The van der Waals surface area contributed by atoms with E-state index in [9.17, 15) is 9.59 Å². The summed E-state index contributed by atoms with van der Waals surface area (Å²) in [6, 6.07) is 17.6. The lowest BCUT2D eigenvalue weighted by molar-refractivity contribution is -0.118. The molecule has 0 saturated heterocycles. The SMILES string of the molecule is CCN(C(=O)CCNC(=O)c1cccs1)c1cccc2ccccc12. The summed E-state index contributed by atoms with van der Waals surface area (Å²) in [6.45, 7) is 2.88. The Balaban J connectivity index is 1.68. The maximum absolute atomic E-state index is 12.7. The zero-order chi connectivity index (χ0) is 17.6. The molecule has 25 heavy (non-hydrogen) atoms. The molecule has 3 aromatic rings. The minimum absolute atomic E-state index is 0.00494. The predicted molar refractivity (Wildman–Crippen MR) is 103 cm³/mol. The zero-order valence-electron chi connectivity index (χ0n) is 14.1. The lowest BCUT2D eigenvalue weighted by atomic mass is 10.1. The second-order valence-corrected chi connectivity index (χ2v) is 6.57. The third-order valence-corrected chi connectivity index (χ3v) is 4.91. The van der Waals surface area contributed by atoms with Gasteiger partial charge in [0.05, 0.1) is 10.6 Å². The number of nitrogens with zero attached hydrogens (tertiary/aromatic N) is 1. The van der Waals surface area contributed by atoms with E-state index in [0.717, 1.165) is 16.5 Å². The predicted octanol–water partition coefficient (Wildman–Crippen LogP) is 4.07. The van der Waals surface area contributed by atoms with Gasteiger partial charge >= 0.3 is 0 Å². The minimum Gasteiger partial charge on any atom is -0.351 e. The molecule has 0 unspecified atom stereocenters. The van der Waals surface area contributed by atoms with Gasteiger partial charge in [-0.2, -0.15) is 0 Å². The summed E-state index contributed by atoms with van der Waals surface area (Å²) in [6.07, 6.45) is 0.272. The summed E-state index contributed by atoms with van der Waals surface area (Å²) in [5, 5.41) is 6.83. The van der Waals surface area contributed by atoms with Crippen LogP contribution in [0.1, 0.15) is 23.0 Å². The zero-order valence-corrected chi connectivity index (χ0v) is 14.9. The highest BCUT2D eigenvalue weighted by Crippen LogP contribution is 2.27. The van der Waals surface area contributed by atoms with E-state index in [2.05, 4.69) is 5.32 Å². The van der Waals surface area contributed by atoms with E-state index in [0.29, 0.717) is 18.0 Å². The summed E-state index contributed by atoms with van der Waals surface area (Å²) < 4.78 is 0. The fourth-order valence-corrected chi connectivity index (χ4v) is 3.48. The molecule has 0 aliphatic rings. The topological polar surface area (TPSA) is 49.4 Å². The largest absolute Gasteiger partial charge is 0.351 e. The number of fused-ring (bicyclic) bond motifs is 1. The molecular weight excluding hydrogens is 332 g/mol. The van der Waals surface area contributed by atoms with Gasteiger partial charge in [0.15, 0.2) is 0 Å². The third kappa shape index (κ3) is 3.88. The van der Waals surface area contributed by atoms with E-state index >= 15 is 0 Å². The van der Waals surface area contributed by atoms with Gasteiger partial charge in [-0.3, -0.25) is 9.59 Å². The first kappa shape index (κ1) is 17.2. The third-order valence-electron chi connectivity index (χ3n) is 4.04. The average molecular weight is 352 g/mol. The quantitative estimate of drug-likeness (QED) is 0.727. The van der Waals surface area contributed by atoms with Crippen LogP contribution >= 0.6 is 11.3 Å². The van der Waals surface area contributed by atoms with Crippen LogP contribution in [0.5, 0.6) is 0 Å². The highest BCUT2D eigenvalue weighted by atomic mass is 32.1. The number of anilines is 1. The number of nitrogens with one attached hydrogen (secondary N) is 1. The van der Waals surface area contributed by atoms with Gasteiger partial charge in [-0.05, 0) is 29.8 Å². The Kier molecular flexibility index (Phi) is 5.46. The van der Waals surface area contributed by atoms with Gasteiger partial charge in [0.2, 0.25) is 5.91 Å². The van der Waals surface area contributed by atoms with Crippen molar-refractivity contribution in [1.82, 2.24) is 5.32 Å². The molecule has 0 bridgehead atoms. The number of carbonyl (C=O) groups excluding carboxylic acids is 2. The molecule has 4 nitrogen and oxygen atoms in total. The van der Waals surface area contributed by atoms with Crippen molar-refractivity contribution < 1.29 is 9.59 Å². The molecule has 0 aliphatic carbocycles. The Hall–Kier alpha value is -2.66. The number of rotatable bonds is 6. The fourth-order valence-electron chi connectivity index (χ4n) is 2.84. The number of benzene rings is 2. The second kappa shape index (κ2) is 7.94. The number of hydrogen-bond donors (Lipinski definition) is 1. The summed E-state index contributed by atoms with van der Waals surface area (Å²) in [5.74, 6) is -0.124. The maximum Gasteiger partial charge on any atom is 0.261 e. The van der Waals surface area contributed by atoms with Crippen LogP contribution in [0.2, 0.25) is 0 Å².